The molecule has 0 fully saturated rings. The molecule has 0 bridgehead atoms. The first-order valence-corrected chi connectivity index (χ1v) is 11.6. The highest BCUT2D eigenvalue weighted by Crippen LogP contribution is 2.19. The Labute approximate surface area is 195 Å². The summed E-state index contributed by atoms with van der Waals surface area (Å²) in [4.78, 5) is 32.0. The van der Waals surface area contributed by atoms with E-state index in [4.69, 9.17) is 4.74 Å². The Bertz CT molecular complexity index is 1100. The lowest BCUT2D eigenvalue weighted by molar-refractivity contribution is -0.131. The molecule has 2 aromatic carbocycles. The number of nitrogens with one attached hydrogen (secondary N) is 1. The van der Waals surface area contributed by atoms with Gasteiger partial charge < -0.3 is 19.5 Å². The summed E-state index contributed by atoms with van der Waals surface area (Å²) >= 11 is 0. The average molecular weight is 451 g/mol. The van der Waals surface area contributed by atoms with Crippen LogP contribution in [0.15, 0.2) is 42.5 Å². The van der Waals surface area contributed by atoms with Gasteiger partial charge in [0.05, 0.1) is 17.6 Å². The minimum atomic E-state index is -0.237. The molecule has 2 amide bonds. The molecule has 1 aromatic heterocycles. The molecule has 0 atom stereocenters. The highest BCUT2D eigenvalue weighted by atomic mass is 16.5. The number of amides is 2. The van der Waals surface area contributed by atoms with Gasteiger partial charge in [-0.2, -0.15) is 0 Å². The van der Waals surface area contributed by atoms with E-state index in [9.17, 15) is 9.59 Å². The van der Waals surface area contributed by atoms with Gasteiger partial charge in [0.1, 0.15) is 18.1 Å². The normalized spacial score (nSPS) is 10.9. The fraction of sp³-hybridized carbons (Fsp3) is 0.423. The summed E-state index contributed by atoms with van der Waals surface area (Å²) in [6, 6.07) is 13.6. The minimum absolute atomic E-state index is 0.0627. The van der Waals surface area contributed by atoms with Crippen LogP contribution in [0.4, 0.5) is 0 Å². The van der Waals surface area contributed by atoms with Crippen LogP contribution in [-0.4, -0.2) is 46.0 Å². The maximum absolute atomic E-state index is 13.0. The van der Waals surface area contributed by atoms with Crippen LogP contribution in [0.5, 0.6) is 5.75 Å². The van der Waals surface area contributed by atoms with Gasteiger partial charge in [-0.15, -0.1) is 0 Å². The molecule has 0 aliphatic rings. The molecule has 3 rings (SSSR count). The Hall–Kier alpha value is -3.35. The van der Waals surface area contributed by atoms with Crippen LogP contribution in [0.1, 0.15) is 43.6 Å². The van der Waals surface area contributed by atoms with Crippen LogP contribution in [-0.2, 0) is 22.7 Å². The first kappa shape index (κ1) is 24.3. The van der Waals surface area contributed by atoms with E-state index in [2.05, 4.69) is 24.1 Å². The number of rotatable bonds is 11. The summed E-state index contributed by atoms with van der Waals surface area (Å²) < 4.78 is 7.61. The van der Waals surface area contributed by atoms with E-state index < -0.39 is 0 Å². The van der Waals surface area contributed by atoms with Gasteiger partial charge in [-0.1, -0.05) is 38.1 Å². The molecule has 7 nitrogen and oxygen atoms in total. The smallest absolute Gasteiger partial charge is 0.258 e. The molecule has 33 heavy (non-hydrogen) atoms. The Balaban J connectivity index is 1.70. The molecular weight excluding hydrogens is 416 g/mol. The molecule has 7 heteroatoms. The van der Waals surface area contributed by atoms with Gasteiger partial charge in [0, 0.05) is 13.1 Å². The maximum atomic E-state index is 13.0. The second-order valence-electron chi connectivity index (χ2n) is 8.32. The van der Waals surface area contributed by atoms with Crippen molar-refractivity contribution in [3.63, 3.8) is 0 Å². The second-order valence-corrected chi connectivity index (χ2v) is 8.32. The summed E-state index contributed by atoms with van der Waals surface area (Å²) in [5.41, 5.74) is 3.75. The van der Waals surface area contributed by atoms with Crippen molar-refractivity contribution >= 4 is 22.8 Å². The molecule has 1 heterocycles. The number of carbonyl (C=O) groups excluding carboxylic acids is 2. The number of para-hydroxylation sites is 2. The van der Waals surface area contributed by atoms with E-state index in [0.29, 0.717) is 11.6 Å². The van der Waals surface area contributed by atoms with Crippen LogP contribution in [0, 0.1) is 13.8 Å². The standard InChI is InChI=1S/C26H34N4O3/c1-5-13-29(14-6-2)26(32)17-30-22-10-8-7-9-21(22)28-24(30)16-27-25(31)18-33-23-15-19(3)11-12-20(23)4/h7-12,15H,5-6,13-14,16-18H2,1-4H3,(H,27,31). The quantitative estimate of drug-likeness (QED) is 0.479. The van der Waals surface area contributed by atoms with Crippen LogP contribution in [0.3, 0.4) is 0 Å². The number of ether oxygens (including phenoxy) is 1. The van der Waals surface area contributed by atoms with E-state index >= 15 is 0 Å². The van der Waals surface area contributed by atoms with Gasteiger partial charge in [0.25, 0.3) is 5.91 Å². The van der Waals surface area contributed by atoms with E-state index in [-0.39, 0.29) is 31.5 Å². The summed E-state index contributed by atoms with van der Waals surface area (Å²) in [5, 5.41) is 2.89. The predicted octanol–water partition coefficient (Wildman–Crippen LogP) is 4.00. The molecule has 3 aromatic rings. The Morgan fingerprint density at radius 3 is 2.52 bits per heavy atom. The summed E-state index contributed by atoms with van der Waals surface area (Å²) in [6.45, 7) is 9.90. The Morgan fingerprint density at radius 1 is 1.06 bits per heavy atom. The minimum Gasteiger partial charge on any atom is -0.483 e. The molecule has 0 aliphatic heterocycles. The van der Waals surface area contributed by atoms with E-state index in [1.165, 1.54) is 0 Å². The zero-order chi connectivity index (χ0) is 23.8. The number of imidazole rings is 1. The molecule has 0 saturated carbocycles. The lowest BCUT2D eigenvalue weighted by Gasteiger charge is -2.22. The third-order valence-electron chi connectivity index (χ3n) is 5.51. The van der Waals surface area contributed by atoms with Crippen LogP contribution >= 0.6 is 0 Å². The van der Waals surface area contributed by atoms with Crippen LogP contribution < -0.4 is 10.1 Å². The number of aromatic nitrogens is 2. The summed E-state index contributed by atoms with van der Waals surface area (Å²) in [6.07, 6.45) is 1.83. The molecule has 0 spiro atoms. The van der Waals surface area contributed by atoms with Crippen molar-refractivity contribution in [2.24, 2.45) is 0 Å². The van der Waals surface area contributed by atoms with Gasteiger partial charge in [-0.25, -0.2) is 4.98 Å². The number of benzene rings is 2. The fourth-order valence-corrected chi connectivity index (χ4v) is 3.81. The number of hydrogen-bond donors (Lipinski definition) is 1. The number of fused-ring (bicyclic) bond motifs is 1. The number of carbonyl (C=O) groups is 2. The second kappa shape index (κ2) is 11.5. The summed E-state index contributed by atoms with van der Waals surface area (Å²) in [5.74, 6) is 1.18. The number of nitrogens with zero attached hydrogens (tertiary/aromatic N) is 3. The molecule has 0 aliphatic carbocycles. The molecule has 176 valence electrons. The molecule has 0 saturated heterocycles. The average Bonchev–Trinajstić information content (AvgIpc) is 3.15. The van der Waals surface area contributed by atoms with Gasteiger partial charge in [0.15, 0.2) is 6.61 Å². The SMILES string of the molecule is CCCN(CCC)C(=O)Cn1c(CNC(=O)COc2cc(C)ccc2C)nc2ccccc21. The highest BCUT2D eigenvalue weighted by molar-refractivity contribution is 5.81. The van der Waals surface area contributed by atoms with Gasteiger partial charge in [0.2, 0.25) is 5.91 Å². The van der Waals surface area contributed by atoms with Crippen molar-refractivity contribution in [2.45, 2.75) is 53.6 Å². The van der Waals surface area contributed by atoms with Crippen LogP contribution in [0.2, 0.25) is 0 Å². The first-order valence-electron chi connectivity index (χ1n) is 11.6. The van der Waals surface area contributed by atoms with Gasteiger partial charge in [-0.05, 0) is 56.0 Å². The lowest BCUT2D eigenvalue weighted by atomic mass is 10.1. The largest absolute Gasteiger partial charge is 0.483 e. The number of aryl methyl sites for hydroxylation is 2. The topological polar surface area (TPSA) is 76.5 Å². The third-order valence-corrected chi connectivity index (χ3v) is 5.51. The lowest BCUT2D eigenvalue weighted by Crippen LogP contribution is -2.36. The zero-order valence-electron chi connectivity index (χ0n) is 20.1. The van der Waals surface area contributed by atoms with Gasteiger partial charge in [-0.3, -0.25) is 9.59 Å². The van der Waals surface area contributed by atoms with Crippen molar-refractivity contribution < 1.29 is 14.3 Å². The molecule has 0 radical (unpaired) electrons. The first-order chi connectivity index (χ1) is 15.9. The summed E-state index contributed by atoms with van der Waals surface area (Å²) in [7, 11) is 0. The van der Waals surface area contributed by atoms with Crippen molar-refractivity contribution in [3.8, 4) is 5.75 Å². The van der Waals surface area contributed by atoms with Crippen molar-refractivity contribution in [2.75, 3.05) is 19.7 Å². The van der Waals surface area contributed by atoms with Crippen molar-refractivity contribution in [1.82, 2.24) is 19.8 Å². The van der Waals surface area contributed by atoms with Crippen molar-refractivity contribution in [3.05, 3.63) is 59.4 Å². The van der Waals surface area contributed by atoms with Gasteiger partial charge >= 0.3 is 0 Å². The number of hydrogen-bond acceptors (Lipinski definition) is 4. The van der Waals surface area contributed by atoms with E-state index in [0.717, 1.165) is 48.1 Å². The van der Waals surface area contributed by atoms with Crippen molar-refractivity contribution in [1.29, 1.82) is 0 Å². The predicted molar refractivity (Wildman–Crippen MR) is 130 cm³/mol. The van der Waals surface area contributed by atoms with E-state index in [1.54, 1.807) is 0 Å². The third kappa shape index (κ3) is 6.34. The molecular formula is C26H34N4O3. The highest BCUT2D eigenvalue weighted by Gasteiger charge is 2.18. The fourth-order valence-electron chi connectivity index (χ4n) is 3.81. The zero-order valence-corrected chi connectivity index (χ0v) is 20.1. The monoisotopic (exact) mass is 450 g/mol. The Kier molecular flexibility index (Phi) is 8.46. The van der Waals surface area contributed by atoms with E-state index in [1.807, 2.05) is 65.8 Å². The Morgan fingerprint density at radius 2 is 1.79 bits per heavy atom. The molecule has 0 unspecified atom stereocenters. The van der Waals surface area contributed by atoms with Crippen LogP contribution in [0.25, 0.3) is 11.0 Å². The molecule has 1 N–H and O–H groups in total. The maximum Gasteiger partial charge on any atom is 0.258 e.